The highest BCUT2D eigenvalue weighted by atomic mass is 16.5. The first kappa shape index (κ1) is 16.6. The molecule has 128 valence electrons. The van der Waals surface area contributed by atoms with Crippen molar-refractivity contribution in [2.75, 3.05) is 13.2 Å². The van der Waals surface area contributed by atoms with Gasteiger partial charge in [-0.05, 0) is 31.0 Å². The number of nitrogens with zero attached hydrogens (tertiary/aromatic N) is 1. The van der Waals surface area contributed by atoms with Crippen molar-refractivity contribution in [3.05, 3.63) is 53.9 Å². The maximum Gasteiger partial charge on any atom is 0.268 e. The number of hydrogen-bond donors (Lipinski definition) is 2. The molecule has 1 aromatic carbocycles. The van der Waals surface area contributed by atoms with Crippen LogP contribution in [0.25, 0.3) is 0 Å². The minimum atomic E-state index is -0.0659. The summed E-state index contributed by atoms with van der Waals surface area (Å²) in [5, 5.41) is 11.9. The van der Waals surface area contributed by atoms with E-state index in [-0.39, 0.29) is 19.1 Å². The van der Waals surface area contributed by atoms with E-state index in [4.69, 9.17) is 9.84 Å². The number of carbonyl (C=O) groups is 1. The largest absolute Gasteiger partial charge is 0.491 e. The molecule has 0 atom stereocenters. The predicted octanol–water partition coefficient (Wildman–Crippen LogP) is 2.90. The smallest absolute Gasteiger partial charge is 0.268 e. The first-order valence-electron chi connectivity index (χ1n) is 8.56. The Morgan fingerprint density at radius 1 is 1.21 bits per heavy atom. The lowest BCUT2D eigenvalue weighted by atomic mass is 10.2. The molecule has 1 saturated carbocycles. The van der Waals surface area contributed by atoms with Crippen molar-refractivity contribution in [1.29, 1.82) is 0 Å². The van der Waals surface area contributed by atoms with Crippen molar-refractivity contribution in [2.45, 2.75) is 38.3 Å². The predicted molar refractivity (Wildman–Crippen MR) is 92.1 cm³/mol. The summed E-state index contributed by atoms with van der Waals surface area (Å²) in [5.41, 5.74) is 1.62. The van der Waals surface area contributed by atoms with Crippen LogP contribution in [0.4, 0.5) is 0 Å². The monoisotopic (exact) mass is 328 g/mol. The maximum absolute atomic E-state index is 12.6. The topological polar surface area (TPSA) is 63.5 Å². The van der Waals surface area contributed by atoms with E-state index in [0.29, 0.717) is 18.3 Å². The Bertz CT molecular complexity index is 675. The van der Waals surface area contributed by atoms with Gasteiger partial charge in [0.2, 0.25) is 0 Å². The van der Waals surface area contributed by atoms with E-state index in [0.717, 1.165) is 24.1 Å². The van der Waals surface area contributed by atoms with Crippen molar-refractivity contribution in [2.24, 2.45) is 0 Å². The van der Waals surface area contributed by atoms with Crippen LogP contribution >= 0.6 is 0 Å². The lowest BCUT2D eigenvalue weighted by Gasteiger charge is -2.16. The first-order chi connectivity index (χ1) is 11.8. The van der Waals surface area contributed by atoms with E-state index in [1.54, 1.807) is 0 Å². The zero-order chi connectivity index (χ0) is 16.8. The van der Waals surface area contributed by atoms with Crippen LogP contribution in [0, 0.1) is 0 Å². The molecular formula is C19H24N2O3. The van der Waals surface area contributed by atoms with Crippen LogP contribution < -0.4 is 10.1 Å². The molecule has 24 heavy (non-hydrogen) atoms. The Hall–Kier alpha value is -2.27. The van der Waals surface area contributed by atoms with Gasteiger partial charge in [-0.3, -0.25) is 4.79 Å². The van der Waals surface area contributed by atoms with Crippen LogP contribution in [-0.4, -0.2) is 28.8 Å². The normalized spacial score (nSPS) is 14.7. The summed E-state index contributed by atoms with van der Waals surface area (Å²) >= 11 is 0. The Kier molecular flexibility index (Phi) is 5.54. The summed E-state index contributed by atoms with van der Waals surface area (Å²) in [6.07, 6.45) is 6.77. The second-order valence-electron chi connectivity index (χ2n) is 6.10. The second-order valence-corrected chi connectivity index (χ2v) is 6.10. The molecule has 1 aliphatic rings. The lowest BCUT2D eigenvalue weighted by molar-refractivity contribution is 0.0939. The Labute approximate surface area is 142 Å². The molecule has 0 unspecified atom stereocenters. The van der Waals surface area contributed by atoms with Crippen molar-refractivity contribution in [3.8, 4) is 5.75 Å². The summed E-state index contributed by atoms with van der Waals surface area (Å²) in [6.45, 7) is 0.612. The summed E-state index contributed by atoms with van der Waals surface area (Å²) in [5.74, 6) is 0.627. The Balaban J connectivity index is 1.65. The van der Waals surface area contributed by atoms with Crippen LogP contribution in [0.5, 0.6) is 5.75 Å². The standard InChI is InChI=1S/C19H24N2O3/c22-12-13-24-18-10-4-1-6-15(18)14-20-19(23)17-9-5-11-21(17)16-7-2-3-8-16/h1,4-6,9-11,16,22H,2-3,7-8,12-14H2,(H,20,23). The van der Waals surface area contributed by atoms with Gasteiger partial charge in [0.05, 0.1) is 6.61 Å². The van der Waals surface area contributed by atoms with Crippen molar-refractivity contribution in [1.82, 2.24) is 9.88 Å². The highest BCUT2D eigenvalue weighted by Crippen LogP contribution is 2.30. The molecule has 0 saturated heterocycles. The number of aliphatic hydroxyl groups excluding tert-OH is 1. The number of para-hydroxylation sites is 1. The maximum atomic E-state index is 12.6. The van der Waals surface area contributed by atoms with Crippen LogP contribution in [-0.2, 0) is 6.54 Å². The van der Waals surface area contributed by atoms with E-state index in [1.807, 2.05) is 42.6 Å². The summed E-state index contributed by atoms with van der Waals surface area (Å²) < 4.78 is 7.62. The van der Waals surface area contributed by atoms with Gasteiger partial charge in [-0.15, -0.1) is 0 Å². The zero-order valence-corrected chi connectivity index (χ0v) is 13.8. The minimum Gasteiger partial charge on any atom is -0.491 e. The zero-order valence-electron chi connectivity index (χ0n) is 13.8. The van der Waals surface area contributed by atoms with Gasteiger partial charge in [0, 0.05) is 24.3 Å². The molecule has 2 N–H and O–H groups in total. The molecule has 5 nitrogen and oxygen atoms in total. The Morgan fingerprint density at radius 3 is 2.79 bits per heavy atom. The van der Waals surface area contributed by atoms with E-state index in [2.05, 4.69) is 9.88 Å². The average Bonchev–Trinajstić information content (AvgIpc) is 3.29. The van der Waals surface area contributed by atoms with E-state index in [9.17, 15) is 4.79 Å². The fourth-order valence-electron chi connectivity index (χ4n) is 3.30. The summed E-state index contributed by atoms with van der Waals surface area (Å²) in [7, 11) is 0. The minimum absolute atomic E-state index is 0.0321. The molecule has 0 aliphatic heterocycles. The molecule has 1 heterocycles. The molecule has 0 bridgehead atoms. The van der Waals surface area contributed by atoms with Crippen molar-refractivity contribution >= 4 is 5.91 Å². The third-order valence-electron chi connectivity index (χ3n) is 4.49. The third-order valence-corrected chi connectivity index (χ3v) is 4.49. The van der Waals surface area contributed by atoms with Gasteiger partial charge in [-0.25, -0.2) is 0 Å². The molecule has 2 aromatic rings. The van der Waals surface area contributed by atoms with E-state index in [1.165, 1.54) is 12.8 Å². The number of carbonyl (C=O) groups excluding carboxylic acids is 1. The number of aliphatic hydroxyl groups is 1. The number of rotatable bonds is 7. The van der Waals surface area contributed by atoms with Gasteiger partial charge < -0.3 is 19.7 Å². The van der Waals surface area contributed by atoms with Crippen molar-refractivity contribution < 1.29 is 14.6 Å². The molecule has 1 fully saturated rings. The van der Waals surface area contributed by atoms with Gasteiger partial charge in [-0.2, -0.15) is 0 Å². The third kappa shape index (κ3) is 3.79. The van der Waals surface area contributed by atoms with E-state index >= 15 is 0 Å². The van der Waals surface area contributed by atoms with Crippen LogP contribution in [0.15, 0.2) is 42.6 Å². The van der Waals surface area contributed by atoms with Gasteiger partial charge in [0.15, 0.2) is 0 Å². The number of hydrogen-bond acceptors (Lipinski definition) is 3. The highest BCUT2D eigenvalue weighted by molar-refractivity contribution is 5.92. The number of nitrogens with one attached hydrogen (secondary N) is 1. The first-order valence-corrected chi connectivity index (χ1v) is 8.56. The molecule has 0 spiro atoms. The van der Waals surface area contributed by atoms with Gasteiger partial charge in [0.25, 0.3) is 5.91 Å². The highest BCUT2D eigenvalue weighted by Gasteiger charge is 2.21. The van der Waals surface area contributed by atoms with Gasteiger partial charge in [-0.1, -0.05) is 31.0 Å². The number of amides is 1. The summed E-state index contributed by atoms with van der Waals surface area (Å²) in [4.78, 5) is 12.6. The molecule has 1 aliphatic carbocycles. The molecule has 1 amide bonds. The SMILES string of the molecule is O=C(NCc1ccccc1OCCO)c1cccn1C1CCCC1. The average molecular weight is 328 g/mol. The van der Waals surface area contributed by atoms with Gasteiger partial charge >= 0.3 is 0 Å². The van der Waals surface area contributed by atoms with Crippen molar-refractivity contribution in [3.63, 3.8) is 0 Å². The summed E-state index contributed by atoms with van der Waals surface area (Å²) in [6, 6.07) is 11.8. The molecule has 3 rings (SSSR count). The quantitative estimate of drug-likeness (QED) is 0.821. The fraction of sp³-hybridized carbons (Fsp3) is 0.421. The Morgan fingerprint density at radius 2 is 2.00 bits per heavy atom. The van der Waals surface area contributed by atoms with Crippen LogP contribution in [0.1, 0.15) is 47.8 Å². The number of benzene rings is 1. The van der Waals surface area contributed by atoms with Crippen LogP contribution in [0.3, 0.4) is 0 Å². The van der Waals surface area contributed by atoms with Crippen LogP contribution in [0.2, 0.25) is 0 Å². The van der Waals surface area contributed by atoms with Gasteiger partial charge in [0.1, 0.15) is 18.1 Å². The fourth-order valence-corrected chi connectivity index (χ4v) is 3.30. The molecule has 1 aromatic heterocycles. The lowest BCUT2D eigenvalue weighted by Crippen LogP contribution is -2.26. The van der Waals surface area contributed by atoms with E-state index < -0.39 is 0 Å². The number of ether oxygens (including phenoxy) is 1. The number of aromatic nitrogens is 1. The second kappa shape index (κ2) is 8.02. The molecular weight excluding hydrogens is 304 g/mol. The molecule has 5 heteroatoms. The molecule has 0 radical (unpaired) electrons.